The third-order valence-electron chi connectivity index (χ3n) is 5.59. The molecule has 2 aliphatic rings. The lowest BCUT2D eigenvalue weighted by molar-refractivity contribution is -0.115. The Morgan fingerprint density at radius 3 is 2.71 bits per heavy atom. The maximum atomic E-state index is 13.4. The number of aromatic nitrogens is 1. The highest BCUT2D eigenvalue weighted by atomic mass is 35.5. The molecule has 3 heterocycles. The molecule has 31 heavy (non-hydrogen) atoms. The van der Waals surface area contributed by atoms with Crippen molar-refractivity contribution in [3.63, 3.8) is 0 Å². The molecule has 3 aromatic rings. The SMILES string of the molecule is C[C@@H](NC(=O)C1=Nc2cc3c(cc2C1)CN=C3c1ccncc1)c1ccc(F)c(Cl)c1. The molecule has 5 nitrogen and oxygen atoms in total. The number of aliphatic imine (C=N–C) groups is 2. The maximum Gasteiger partial charge on any atom is 0.266 e. The van der Waals surface area contributed by atoms with Crippen molar-refractivity contribution in [2.45, 2.75) is 25.9 Å². The number of hydrogen-bond donors (Lipinski definition) is 1. The Morgan fingerprint density at radius 1 is 1.13 bits per heavy atom. The van der Waals surface area contributed by atoms with Gasteiger partial charge in [-0.15, -0.1) is 0 Å². The monoisotopic (exact) mass is 432 g/mol. The number of halogens is 2. The number of rotatable bonds is 4. The Labute approximate surface area is 183 Å². The Kier molecular flexibility index (Phi) is 4.87. The summed E-state index contributed by atoms with van der Waals surface area (Å²) in [5.41, 5.74) is 7.13. The van der Waals surface area contributed by atoms with Gasteiger partial charge in [0.05, 0.1) is 29.0 Å². The normalized spacial score (nSPS) is 15.1. The zero-order valence-electron chi connectivity index (χ0n) is 16.7. The zero-order chi connectivity index (χ0) is 21.5. The fraction of sp³-hybridized carbons (Fsp3) is 0.167. The molecule has 0 bridgehead atoms. The molecule has 0 unspecified atom stereocenters. The molecule has 0 saturated carbocycles. The van der Waals surface area contributed by atoms with Gasteiger partial charge in [0.1, 0.15) is 11.5 Å². The zero-order valence-corrected chi connectivity index (χ0v) is 17.4. The van der Waals surface area contributed by atoms with Gasteiger partial charge in [0.2, 0.25) is 0 Å². The fourth-order valence-electron chi connectivity index (χ4n) is 3.93. The van der Waals surface area contributed by atoms with Crippen molar-refractivity contribution in [1.82, 2.24) is 10.3 Å². The van der Waals surface area contributed by atoms with Crippen molar-refractivity contribution in [3.05, 3.63) is 93.5 Å². The summed E-state index contributed by atoms with van der Waals surface area (Å²) in [5.74, 6) is -0.727. The van der Waals surface area contributed by atoms with E-state index >= 15 is 0 Å². The third-order valence-corrected chi connectivity index (χ3v) is 5.88. The number of pyridine rings is 1. The summed E-state index contributed by atoms with van der Waals surface area (Å²) in [7, 11) is 0. The van der Waals surface area contributed by atoms with Gasteiger partial charge < -0.3 is 5.32 Å². The average molecular weight is 433 g/mol. The minimum atomic E-state index is -0.484. The molecule has 1 N–H and O–H groups in total. The predicted molar refractivity (Wildman–Crippen MR) is 119 cm³/mol. The second-order valence-corrected chi connectivity index (χ2v) is 8.05. The minimum absolute atomic E-state index is 0.0328. The van der Waals surface area contributed by atoms with E-state index in [4.69, 9.17) is 11.6 Å². The number of benzene rings is 2. The summed E-state index contributed by atoms with van der Waals surface area (Å²) in [4.78, 5) is 26.1. The van der Waals surface area contributed by atoms with Gasteiger partial charge >= 0.3 is 0 Å². The van der Waals surface area contributed by atoms with E-state index < -0.39 is 5.82 Å². The number of nitrogens with one attached hydrogen (secondary N) is 1. The van der Waals surface area contributed by atoms with E-state index in [0.29, 0.717) is 18.7 Å². The van der Waals surface area contributed by atoms with Crippen LogP contribution in [0.5, 0.6) is 0 Å². The topological polar surface area (TPSA) is 66.7 Å². The van der Waals surface area contributed by atoms with Crippen molar-refractivity contribution in [1.29, 1.82) is 0 Å². The molecule has 0 aliphatic carbocycles. The first-order valence-electron chi connectivity index (χ1n) is 9.94. The summed E-state index contributed by atoms with van der Waals surface area (Å²) < 4.78 is 13.4. The number of amides is 1. The maximum absolute atomic E-state index is 13.4. The van der Waals surface area contributed by atoms with Gasteiger partial charge in [-0.1, -0.05) is 23.7 Å². The van der Waals surface area contributed by atoms with Crippen LogP contribution in [0.1, 0.15) is 40.8 Å². The first-order chi connectivity index (χ1) is 15.0. The van der Waals surface area contributed by atoms with Gasteiger partial charge in [0.25, 0.3) is 5.91 Å². The summed E-state index contributed by atoms with van der Waals surface area (Å²) in [6.07, 6.45) is 3.97. The highest BCUT2D eigenvalue weighted by Crippen LogP contribution is 2.34. The molecule has 0 saturated heterocycles. The van der Waals surface area contributed by atoms with E-state index in [-0.39, 0.29) is 17.0 Å². The Balaban J connectivity index is 1.36. The highest BCUT2D eigenvalue weighted by molar-refractivity contribution is 6.41. The molecular formula is C24H18ClFN4O. The van der Waals surface area contributed by atoms with Crippen molar-refractivity contribution in [3.8, 4) is 0 Å². The minimum Gasteiger partial charge on any atom is -0.344 e. The fourth-order valence-corrected chi connectivity index (χ4v) is 4.12. The molecular weight excluding hydrogens is 415 g/mol. The Hall–Kier alpha value is -3.38. The molecule has 7 heteroatoms. The van der Waals surface area contributed by atoms with Crippen molar-refractivity contribution in [2.75, 3.05) is 0 Å². The second kappa shape index (κ2) is 7.71. The molecule has 2 aromatic carbocycles. The molecule has 5 rings (SSSR count). The van der Waals surface area contributed by atoms with Crippen LogP contribution in [0.4, 0.5) is 10.1 Å². The molecule has 1 atom stereocenters. The van der Waals surface area contributed by atoms with Gasteiger partial charge in [-0.2, -0.15) is 0 Å². The van der Waals surface area contributed by atoms with Crippen LogP contribution < -0.4 is 5.32 Å². The first kappa shape index (κ1) is 19.6. The molecule has 1 aromatic heterocycles. The van der Waals surface area contributed by atoms with Crippen LogP contribution in [0.15, 0.2) is 64.8 Å². The van der Waals surface area contributed by atoms with Crippen LogP contribution in [0.3, 0.4) is 0 Å². The predicted octanol–water partition coefficient (Wildman–Crippen LogP) is 4.73. The highest BCUT2D eigenvalue weighted by Gasteiger charge is 2.26. The summed E-state index contributed by atoms with van der Waals surface area (Å²) in [6.45, 7) is 2.44. The molecule has 2 aliphatic heterocycles. The number of hydrogen-bond acceptors (Lipinski definition) is 4. The quantitative estimate of drug-likeness (QED) is 0.647. The van der Waals surface area contributed by atoms with Crippen LogP contribution in [-0.4, -0.2) is 22.3 Å². The van der Waals surface area contributed by atoms with Gasteiger partial charge in [-0.3, -0.25) is 14.8 Å². The summed E-state index contributed by atoms with van der Waals surface area (Å²) in [5, 5.41) is 2.96. The Morgan fingerprint density at radius 2 is 1.94 bits per heavy atom. The number of fused-ring (bicyclic) bond motifs is 2. The Bertz CT molecular complexity index is 1270. The second-order valence-electron chi connectivity index (χ2n) is 7.64. The van der Waals surface area contributed by atoms with Crippen LogP contribution >= 0.6 is 11.6 Å². The number of nitrogens with zero attached hydrogens (tertiary/aromatic N) is 3. The van der Waals surface area contributed by atoms with E-state index in [1.165, 1.54) is 12.1 Å². The summed E-state index contributed by atoms with van der Waals surface area (Å²) in [6, 6.07) is 12.1. The lowest BCUT2D eigenvalue weighted by atomic mass is 9.97. The first-order valence-corrected chi connectivity index (χ1v) is 10.3. The number of carbonyl (C=O) groups excluding carboxylic acids is 1. The standard InChI is InChI=1S/C24H18ClFN4O/c1-13(15-2-3-20(26)19(25)9-15)29-24(31)22-10-16-8-17-12-28-23(14-4-6-27-7-5-14)18(17)11-21(16)30-22/h2-9,11,13H,10,12H2,1H3,(H,29,31)/t13-/m1/s1. The van der Waals surface area contributed by atoms with Crippen molar-refractivity contribution >= 4 is 34.6 Å². The van der Waals surface area contributed by atoms with Crippen LogP contribution in [0.25, 0.3) is 0 Å². The lowest BCUT2D eigenvalue weighted by Crippen LogP contribution is -2.33. The molecule has 0 radical (unpaired) electrons. The molecule has 1 amide bonds. The third kappa shape index (κ3) is 3.64. The van der Waals surface area contributed by atoms with E-state index in [2.05, 4.69) is 26.4 Å². The van der Waals surface area contributed by atoms with Crippen LogP contribution in [0.2, 0.25) is 5.02 Å². The molecule has 0 fully saturated rings. The van der Waals surface area contributed by atoms with Gasteiger partial charge in [-0.05, 0) is 53.9 Å². The van der Waals surface area contributed by atoms with Crippen LogP contribution in [-0.2, 0) is 17.8 Å². The smallest absolute Gasteiger partial charge is 0.266 e. The van der Waals surface area contributed by atoms with Crippen LogP contribution in [0, 0.1) is 5.82 Å². The van der Waals surface area contributed by atoms with E-state index in [9.17, 15) is 9.18 Å². The lowest BCUT2D eigenvalue weighted by Gasteiger charge is -2.14. The van der Waals surface area contributed by atoms with E-state index in [1.54, 1.807) is 18.5 Å². The van der Waals surface area contributed by atoms with E-state index in [0.717, 1.165) is 39.2 Å². The van der Waals surface area contributed by atoms with Crippen molar-refractivity contribution < 1.29 is 9.18 Å². The average Bonchev–Trinajstić information content (AvgIpc) is 3.38. The van der Waals surface area contributed by atoms with Gasteiger partial charge in [-0.25, -0.2) is 9.38 Å². The van der Waals surface area contributed by atoms with Gasteiger partial charge in [0.15, 0.2) is 0 Å². The van der Waals surface area contributed by atoms with E-state index in [1.807, 2.05) is 25.1 Å². The van der Waals surface area contributed by atoms with Crippen molar-refractivity contribution in [2.24, 2.45) is 9.98 Å². The molecule has 154 valence electrons. The number of carbonyl (C=O) groups is 1. The van der Waals surface area contributed by atoms with Gasteiger partial charge in [0, 0.05) is 29.9 Å². The largest absolute Gasteiger partial charge is 0.344 e. The summed E-state index contributed by atoms with van der Waals surface area (Å²) >= 11 is 5.86. The molecule has 0 spiro atoms.